The van der Waals surface area contributed by atoms with Gasteiger partial charge in [-0.1, -0.05) is 164 Å². The van der Waals surface area contributed by atoms with E-state index in [2.05, 4.69) is 228 Å². The third kappa shape index (κ3) is 5.90. The van der Waals surface area contributed by atoms with Crippen LogP contribution in [-0.4, -0.2) is 4.57 Å². The van der Waals surface area contributed by atoms with E-state index in [0.29, 0.717) is 0 Å². The molecule has 0 N–H and O–H groups in total. The van der Waals surface area contributed by atoms with Gasteiger partial charge in [-0.2, -0.15) is 0 Å². The summed E-state index contributed by atoms with van der Waals surface area (Å²) in [5.74, 6) is 0. The maximum absolute atomic E-state index is 6.24. The highest BCUT2D eigenvalue weighted by atomic mass is 16.3. The first kappa shape index (κ1) is 34.9. The molecule has 12 aromatic rings. The van der Waals surface area contributed by atoms with Crippen molar-refractivity contribution in [2.45, 2.75) is 0 Å². The van der Waals surface area contributed by atoms with Gasteiger partial charge >= 0.3 is 0 Å². The maximum Gasteiger partial charge on any atom is 0.136 e. The van der Waals surface area contributed by atoms with Crippen molar-refractivity contribution in [2.75, 3.05) is 4.90 Å². The van der Waals surface area contributed by atoms with Gasteiger partial charge in [0.2, 0.25) is 0 Å². The molecular weight excluding hydrogens is 741 g/mol. The molecular formula is C58H38N2O. The fourth-order valence-electron chi connectivity index (χ4n) is 9.29. The van der Waals surface area contributed by atoms with E-state index in [-0.39, 0.29) is 0 Å². The molecule has 10 aromatic carbocycles. The van der Waals surface area contributed by atoms with Crippen molar-refractivity contribution in [1.82, 2.24) is 4.57 Å². The molecule has 12 rings (SSSR count). The molecule has 0 fully saturated rings. The molecule has 0 saturated carbocycles. The summed E-state index contributed by atoms with van der Waals surface area (Å²) in [6.45, 7) is 0. The SMILES string of the molecule is c1ccc(-c2ccc(N(c3ccc(-c4ccc5c6ccc7ccccc7c6n(-c6ccccc6)c5c4)cc3)c3ccc(-c4cccc5oc6ccccc6c45)cc3)cc2)cc1. The van der Waals surface area contributed by atoms with E-state index in [9.17, 15) is 0 Å². The summed E-state index contributed by atoms with van der Waals surface area (Å²) in [7, 11) is 0. The zero-order chi connectivity index (χ0) is 40.3. The molecule has 3 nitrogen and oxygen atoms in total. The fraction of sp³-hybridized carbons (Fsp3) is 0. The molecule has 61 heavy (non-hydrogen) atoms. The minimum absolute atomic E-state index is 0.900. The largest absolute Gasteiger partial charge is 0.456 e. The number of anilines is 3. The molecule has 0 amide bonds. The molecule has 0 radical (unpaired) electrons. The van der Waals surface area contributed by atoms with Crippen molar-refractivity contribution in [2.24, 2.45) is 0 Å². The Kier molecular flexibility index (Phi) is 8.17. The number of hydrogen-bond donors (Lipinski definition) is 0. The van der Waals surface area contributed by atoms with Gasteiger partial charge in [-0.15, -0.1) is 0 Å². The van der Waals surface area contributed by atoms with Gasteiger partial charge in [0.15, 0.2) is 0 Å². The number of nitrogens with zero attached hydrogens (tertiary/aromatic N) is 2. The molecule has 2 aromatic heterocycles. The van der Waals surface area contributed by atoms with Gasteiger partial charge in [-0.3, -0.25) is 0 Å². The Morgan fingerprint density at radius 1 is 0.344 bits per heavy atom. The Balaban J connectivity index is 0.958. The van der Waals surface area contributed by atoms with E-state index in [1.807, 2.05) is 12.1 Å². The van der Waals surface area contributed by atoms with Crippen LogP contribution in [-0.2, 0) is 0 Å². The predicted octanol–water partition coefficient (Wildman–Crippen LogP) is 16.3. The monoisotopic (exact) mass is 778 g/mol. The molecule has 0 aliphatic carbocycles. The van der Waals surface area contributed by atoms with Gasteiger partial charge in [0.25, 0.3) is 0 Å². The van der Waals surface area contributed by atoms with E-state index in [1.165, 1.54) is 49.3 Å². The first-order valence-corrected chi connectivity index (χ1v) is 20.8. The first-order valence-electron chi connectivity index (χ1n) is 20.8. The minimum Gasteiger partial charge on any atom is -0.456 e. The van der Waals surface area contributed by atoms with Crippen LogP contribution >= 0.6 is 0 Å². The third-order valence-electron chi connectivity index (χ3n) is 12.2. The lowest BCUT2D eigenvalue weighted by molar-refractivity contribution is 0.669. The lowest BCUT2D eigenvalue weighted by Gasteiger charge is -2.26. The normalized spacial score (nSPS) is 11.6. The summed E-state index contributed by atoms with van der Waals surface area (Å²) in [6.07, 6.45) is 0. The number of fused-ring (bicyclic) bond motifs is 8. The zero-order valence-corrected chi connectivity index (χ0v) is 33.2. The van der Waals surface area contributed by atoms with E-state index in [4.69, 9.17) is 4.42 Å². The highest BCUT2D eigenvalue weighted by Crippen LogP contribution is 2.42. The Labute approximate surface area is 353 Å². The number of para-hydroxylation sites is 2. The van der Waals surface area contributed by atoms with E-state index in [1.54, 1.807) is 0 Å². The number of furan rings is 1. The fourth-order valence-corrected chi connectivity index (χ4v) is 9.29. The van der Waals surface area contributed by atoms with Gasteiger partial charge in [0, 0.05) is 49.7 Å². The smallest absolute Gasteiger partial charge is 0.136 e. The molecule has 0 spiro atoms. The van der Waals surface area contributed by atoms with Crippen LogP contribution in [0.15, 0.2) is 235 Å². The van der Waals surface area contributed by atoms with Crippen LogP contribution in [0.2, 0.25) is 0 Å². The molecule has 0 atom stereocenters. The van der Waals surface area contributed by atoms with Crippen LogP contribution in [0.1, 0.15) is 0 Å². The molecule has 0 unspecified atom stereocenters. The van der Waals surface area contributed by atoms with Crippen molar-refractivity contribution in [3.05, 3.63) is 231 Å². The standard InChI is InChI=1S/C58H38N2O/c1-3-12-39(13-4-1)40-22-30-46(31-23-40)59(48-34-26-43(27-35-48)49-19-11-21-56-57(49)53-18-9-10-20-55(53)61-56)47-32-24-41(25-33-47)44-29-36-51-52-37-28-42-14-7-8-17-50(42)58(52)60(54(51)38-44)45-15-5-2-6-16-45/h1-38H. The minimum atomic E-state index is 0.900. The van der Waals surface area contributed by atoms with E-state index < -0.39 is 0 Å². The summed E-state index contributed by atoms with van der Waals surface area (Å²) in [5.41, 5.74) is 15.7. The van der Waals surface area contributed by atoms with Crippen LogP contribution in [0, 0.1) is 0 Å². The van der Waals surface area contributed by atoms with Gasteiger partial charge in [-0.25, -0.2) is 0 Å². The summed E-state index contributed by atoms with van der Waals surface area (Å²) in [5, 5.41) is 7.27. The van der Waals surface area contributed by atoms with Gasteiger partial charge < -0.3 is 13.9 Å². The maximum atomic E-state index is 6.24. The highest BCUT2D eigenvalue weighted by Gasteiger charge is 2.18. The highest BCUT2D eigenvalue weighted by molar-refractivity contribution is 6.19. The van der Waals surface area contributed by atoms with Crippen LogP contribution < -0.4 is 4.90 Å². The topological polar surface area (TPSA) is 21.3 Å². The summed E-state index contributed by atoms with van der Waals surface area (Å²) in [4.78, 5) is 2.34. The average molecular weight is 779 g/mol. The lowest BCUT2D eigenvalue weighted by Crippen LogP contribution is -2.09. The number of hydrogen-bond acceptors (Lipinski definition) is 2. The second-order valence-corrected chi connectivity index (χ2v) is 15.7. The summed E-state index contributed by atoms with van der Waals surface area (Å²) < 4.78 is 8.68. The molecule has 2 heterocycles. The average Bonchev–Trinajstić information content (AvgIpc) is 3.89. The Hall–Kier alpha value is -8.14. The van der Waals surface area contributed by atoms with Crippen molar-refractivity contribution in [3.8, 4) is 39.1 Å². The van der Waals surface area contributed by atoms with Gasteiger partial charge in [0.1, 0.15) is 11.2 Å². The molecule has 0 aliphatic rings. The van der Waals surface area contributed by atoms with Crippen molar-refractivity contribution in [1.29, 1.82) is 0 Å². The third-order valence-corrected chi connectivity index (χ3v) is 12.2. The molecule has 286 valence electrons. The molecule has 0 saturated heterocycles. The van der Waals surface area contributed by atoms with Crippen LogP contribution in [0.4, 0.5) is 17.1 Å². The van der Waals surface area contributed by atoms with Crippen molar-refractivity contribution < 1.29 is 4.42 Å². The van der Waals surface area contributed by atoms with Gasteiger partial charge in [-0.05, 0) is 105 Å². The predicted molar refractivity (Wildman–Crippen MR) is 257 cm³/mol. The van der Waals surface area contributed by atoms with Crippen molar-refractivity contribution in [3.63, 3.8) is 0 Å². The quantitative estimate of drug-likeness (QED) is 0.161. The van der Waals surface area contributed by atoms with Crippen LogP contribution in [0.25, 0.3) is 93.6 Å². The Bertz CT molecular complexity index is 3550. The van der Waals surface area contributed by atoms with Crippen LogP contribution in [0.3, 0.4) is 0 Å². The number of benzene rings is 10. The summed E-state index contributed by atoms with van der Waals surface area (Å²) >= 11 is 0. The number of aromatic nitrogens is 1. The Morgan fingerprint density at radius 3 is 1.61 bits per heavy atom. The molecule has 0 bridgehead atoms. The zero-order valence-electron chi connectivity index (χ0n) is 33.2. The second kappa shape index (κ2) is 14.3. The Morgan fingerprint density at radius 2 is 0.885 bits per heavy atom. The van der Waals surface area contributed by atoms with Crippen LogP contribution in [0.5, 0.6) is 0 Å². The van der Waals surface area contributed by atoms with Crippen molar-refractivity contribution >= 4 is 71.6 Å². The van der Waals surface area contributed by atoms with E-state index >= 15 is 0 Å². The molecule has 3 heteroatoms. The van der Waals surface area contributed by atoms with Gasteiger partial charge in [0.05, 0.1) is 11.0 Å². The second-order valence-electron chi connectivity index (χ2n) is 15.7. The lowest BCUT2D eigenvalue weighted by atomic mass is 9.99. The molecule has 0 aliphatic heterocycles. The summed E-state index contributed by atoms with van der Waals surface area (Å²) in [6, 6.07) is 82.9. The number of rotatable bonds is 7. The first-order chi connectivity index (χ1) is 30.2. The van der Waals surface area contributed by atoms with E-state index in [0.717, 1.165) is 61.4 Å².